The summed E-state index contributed by atoms with van der Waals surface area (Å²) in [6.45, 7) is 1.59. The van der Waals surface area contributed by atoms with Gasteiger partial charge in [-0.1, -0.05) is 61.5 Å². The lowest BCUT2D eigenvalue weighted by Crippen LogP contribution is -2.39. The van der Waals surface area contributed by atoms with Crippen molar-refractivity contribution in [3.05, 3.63) is 95.6 Å². The number of halogens is 2. The molecule has 1 amide bonds. The minimum atomic E-state index is -0.948. The highest BCUT2D eigenvalue weighted by atomic mass is 19.1. The van der Waals surface area contributed by atoms with Gasteiger partial charge in [0.05, 0.1) is 12.3 Å². The number of hydrogen-bond donors (Lipinski definition) is 2. The summed E-state index contributed by atoms with van der Waals surface area (Å²) >= 11 is 0. The highest BCUT2D eigenvalue weighted by Crippen LogP contribution is 2.21. The van der Waals surface area contributed by atoms with Crippen LogP contribution in [0.3, 0.4) is 0 Å². The van der Waals surface area contributed by atoms with Gasteiger partial charge in [0.1, 0.15) is 11.6 Å². The third-order valence-corrected chi connectivity index (χ3v) is 5.25. The van der Waals surface area contributed by atoms with Crippen LogP contribution in [0.2, 0.25) is 0 Å². The van der Waals surface area contributed by atoms with Crippen LogP contribution in [0, 0.1) is 17.6 Å². The number of rotatable bonds is 9. The van der Waals surface area contributed by atoms with E-state index in [1.54, 1.807) is 6.92 Å². The molecule has 0 aliphatic heterocycles. The number of carbonyl (C=O) groups excluding carboxylic acids is 1. The number of carboxylic acid groups (broad SMARTS) is 1. The molecule has 0 heterocycles. The van der Waals surface area contributed by atoms with E-state index in [-0.39, 0.29) is 18.4 Å². The normalized spacial score (nSPS) is 12.7. The van der Waals surface area contributed by atoms with E-state index in [9.17, 15) is 23.5 Å². The maximum Gasteiger partial charge on any atom is 0.306 e. The van der Waals surface area contributed by atoms with Crippen LogP contribution in [0.25, 0.3) is 11.1 Å². The van der Waals surface area contributed by atoms with Gasteiger partial charge in [-0.3, -0.25) is 9.59 Å². The lowest BCUT2D eigenvalue weighted by Gasteiger charge is -2.21. The summed E-state index contributed by atoms with van der Waals surface area (Å²) in [5.41, 5.74) is 3.31. The van der Waals surface area contributed by atoms with Crippen LogP contribution in [0.1, 0.15) is 24.5 Å². The van der Waals surface area contributed by atoms with Crippen LogP contribution in [-0.2, 0) is 22.4 Å². The van der Waals surface area contributed by atoms with Crippen LogP contribution in [-0.4, -0.2) is 23.0 Å². The Hall–Kier alpha value is -3.54. The molecule has 0 aliphatic rings. The highest BCUT2D eigenvalue weighted by molar-refractivity contribution is 5.79. The van der Waals surface area contributed by atoms with Crippen molar-refractivity contribution in [3.63, 3.8) is 0 Å². The first-order valence-corrected chi connectivity index (χ1v) is 10.4. The quantitative estimate of drug-likeness (QED) is 0.494. The van der Waals surface area contributed by atoms with Gasteiger partial charge in [0.2, 0.25) is 5.91 Å². The largest absolute Gasteiger partial charge is 0.481 e. The van der Waals surface area contributed by atoms with Crippen LogP contribution < -0.4 is 5.32 Å². The molecule has 32 heavy (non-hydrogen) atoms. The summed E-state index contributed by atoms with van der Waals surface area (Å²) in [6, 6.07) is 20.3. The van der Waals surface area contributed by atoms with E-state index < -0.39 is 35.5 Å². The number of carbonyl (C=O) groups is 2. The Kier molecular flexibility index (Phi) is 7.71. The fourth-order valence-electron chi connectivity index (χ4n) is 3.65. The zero-order valence-corrected chi connectivity index (χ0v) is 17.7. The summed E-state index contributed by atoms with van der Waals surface area (Å²) in [7, 11) is 0. The molecule has 4 nitrogen and oxygen atoms in total. The smallest absolute Gasteiger partial charge is 0.306 e. The first-order chi connectivity index (χ1) is 15.3. The van der Waals surface area contributed by atoms with Crippen molar-refractivity contribution in [2.24, 2.45) is 5.92 Å². The van der Waals surface area contributed by atoms with Crippen molar-refractivity contribution in [2.45, 2.75) is 32.2 Å². The Morgan fingerprint density at radius 2 is 1.47 bits per heavy atom. The van der Waals surface area contributed by atoms with E-state index in [4.69, 9.17) is 0 Å². The Labute approximate surface area is 185 Å². The minimum Gasteiger partial charge on any atom is -0.481 e. The van der Waals surface area contributed by atoms with Gasteiger partial charge in [-0.25, -0.2) is 8.78 Å². The standard InChI is InChI=1S/C26H25F2NO3/c1-17(26(31)32)11-24(29-25(30)15-19-12-22(27)16-23(28)13-19)14-18-7-9-21(10-8-18)20-5-3-2-4-6-20/h2-10,12-13,16-17,24H,11,14-15H2,1H3,(H,29,30)(H,31,32)/t17-,24+/m1/s1. The van der Waals surface area contributed by atoms with Crippen molar-refractivity contribution in [2.75, 3.05) is 0 Å². The molecule has 0 aromatic heterocycles. The van der Waals surface area contributed by atoms with E-state index >= 15 is 0 Å². The molecule has 0 unspecified atom stereocenters. The van der Waals surface area contributed by atoms with Gasteiger partial charge in [0, 0.05) is 12.1 Å². The maximum absolute atomic E-state index is 13.4. The second kappa shape index (κ2) is 10.7. The second-order valence-corrected chi connectivity index (χ2v) is 7.96. The zero-order valence-electron chi connectivity index (χ0n) is 17.7. The molecule has 166 valence electrons. The van der Waals surface area contributed by atoms with Gasteiger partial charge in [-0.2, -0.15) is 0 Å². The molecular weight excluding hydrogens is 412 g/mol. The Bertz CT molecular complexity index is 1050. The second-order valence-electron chi connectivity index (χ2n) is 7.96. The number of nitrogens with one attached hydrogen (secondary N) is 1. The molecule has 0 spiro atoms. The summed E-state index contributed by atoms with van der Waals surface area (Å²) in [4.78, 5) is 23.9. The van der Waals surface area contributed by atoms with Gasteiger partial charge in [0.15, 0.2) is 0 Å². The van der Waals surface area contributed by atoms with Gasteiger partial charge < -0.3 is 10.4 Å². The van der Waals surface area contributed by atoms with E-state index in [1.165, 1.54) is 0 Å². The Balaban J connectivity index is 1.70. The van der Waals surface area contributed by atoms with Crippen molar-refractivity contribution >= 4 is 11.9 Å². The van der Waals surface area contributed by atoms with Crippen LogP contribution in [0.4, 0.5) is 8.78 Å². The van der Waals surface area contributed by atoms with Crippen molar-refractivity contribution < 1.29 is 23.5 Å². The lowest BCUT2D eigenvalue weighted by molar-refractivity contribution is -0.141. The number of benzene rings is 3. The fourth-order valence-corrected chi connectivity index (χ4v) is 3.65. The highest BCUT2D eigenvalue weighted by Gasteiger charge is 2.21. The predicted molar refractivity (Wildman–Crippen MR) is 119 cm³/mol. The molecule has 0 saturated carbocycles. The first kappa shape index (κ1) is 23.1. The fraction of sp³-hybridized carbons (Fsp3) is 0.231. The third kappa shape index (κ3) is 6.74. The molecule has 0 fully saturated rings. The van der Waals surface area contributed by atoms with E-state index in [2.05, 4.69) is 5.32 Å². The molecule has 0 bridgehead atoms. The molecule has 0 radical (unpaired) electrons. The number of aliphatic carboxylic acids is 1. The molecule has 3 aromatic carbocycles. The zero-order chi connectivity index (χ0) is 23.1. The third-order valence-electron chi connectivity index (χ3n) is 5.25. The molecule has 0 aliphatic carbocycles. The topological polar surface area (TPSA) is 66.4 Å². The molecule has 3 rings (SSSR count). The van der Waals surface area contributed by atoms with Gasteiger partial charge in [-0.05, 0) is 47.2 Å². The molecule has 0 saturated heterocycles. The number of hydrogen-bond acceptors (Lipinski definition) is 2. The Morgan fingerprint density at radius 3 is 2.06 bits per heavy atom. The van der Waals surface area contributed by atoms with Crippen LogP contribution in [0.5, 0.6) is 0 Å². The maximum atomic E-state index is 13.4. The average Bonchev–Trinajstić information content (AvgIpc) is 2.74. The van der Waals surface area contributed by atoms with Crippen molar-refractivity contribution in [1.29, 1.82) is 0 Å². The summed E-state index contributed by atoms with van der Waals surface area (Å²) in [6.07, 6.45) is 0.481. The molecule has 2 N–H and O–H groups in total. The lowest BCUT2D eigenvalue weighted by atomic mass is 9.94. The van der Waals surface area contributed by atoms with Crippen molar-refractivity contribution in [3.8, 4) is 11.1 Å². The minimum absolute atomic E-state index is 0.195. The summed E-state index contributed by atoms with van der Waals surface area (Å²) in [5, 5.41) is 12.1. The summed E-state index contributed by atoms with van der Waals surface area (Å²) in [5.74, 6) is -3.52. The molecule has 3 aromatic rings. The first-order valence-electron chi connectivity index (χ1n) is 10.4. The number of carboxylic acids is 1. The van der Waals surface area contributed by atoms with Crippen molar-refractivity contribution in [1.82, 2.24) is 5.32 Å². The van der Waals surface area contributed by atoms with E-state index in [0.717, 1.165) is 34.9 Å². The molecule has 6 heteroatoms. The van der Waals surface area contributed by atoms with Crippen LogP contribution in [0.15, 0.2) is 72.8 Å². The van der Waals surface area contributed by atoms with Gasteiger partial charge in [0.25, 0.3) is 0 Å². The Morgan fingerprint density at radius 1 is 0.875 bits per heavy atom. The van der Waals surface area contributed by atoms with Crippen LogP contribution >= 0.6 is 0 Å². The molecular formula is C26H25F2NO3. The SMILES string of the molecule is C[C@H](C[C@@H](Cc1ccc(-c2ccccc2)cc1)NC(=O)Cc1cc(F)cc(F)c1)C(=O)O. The van der Waals surface area contributed by atoms with E-state index in [0.29, 0.717) is 6.42 Å². The molecule has 2 atom stereocenters. The average molecular weight is 437 g/mol. The van der Waals surface area contributed by atoms with E-state index in [1.807, 2.05) is 54.6 Å². The van der Waals surface area contributed by atoms with Gasteiger partial charge in [-0.15, -0.1) is 0 Å². The van der Waals surface area contributed by atoms with Gasteiger partial charge >= 0.3 is 5.97 Å². The monoisotopic (exact) mass is 437 g/mol. The predicted octanol–water partition coefficient (Wildman–Crippen LogP) is 5.01. The summed E-state index contributed by atoms with van der Waals surface area (Å²) < 4.78 is 26.8. The number of amides is 1.